The summed E-state index contributed by atoms with van der Waals surface area (Å²) < 4.78 is 4.66. The van der Waals surface area contributed by atoms with Crippen LogP contribution < -0.4 is 10.6 Å². The number of nitrogens with zero attached hydrogens (tertiary/aromatic N) is 4. The van der Waals surface area contributed by atoms with Gasteiger partial charge in [0.1, 0.15) is 17.7 Å². The number of imidazole rings is 1. The highest BCUT2D eigenvalue weighted by Crippen LogP contribution is 2.34. The summed E-state index contributed by atoms with van der Waals surface area (Å²) in [4.78, 5) is 67.2. The van der Waals surface area contributed by atoms with E-state index in [4.69, 9.17) is 4.98 Å². The number of alkyl carbamates (subject to hydrolysis) is 1. The van der Waals surface area contributed by atoms with Gasteiger partial charge in [0.15, 0.2) is 0 Å². The first-order valence-electron chi connectivity index (χ1n) is 16.8. The van der Waals surface area contributed by atoms with Crippen molar-refractivity contribution in [3.63, 3.8) is 0 Å². The third-order valence-electron chi connectivity index (χ3n) is 9.63. The molecule has 3 N–H and O–H groups in total. The molecule has 5 rings (SSSR count). The van der Waals surface area contributed by atoms with E-state index in [2.05, 4.69) is 39.2 Å². The van der Waals surface area contributed by atoms with Gasteiger partial charge in [0.2, 0.25) is 17.7 Å². The molecule has 256 valence electrons. The first-order valence-corrected chi connectivity index (χ1v) is 16.8. The van der Waals surface area contributed by atoms with Gasteiger partial charge in [-0.3, -0.25) is 14.4 Å². The zero-order chi connectivity index (χ0) is 34.5. The monoisotopic (exact) mass is 657 g/mol. The van der Waals surface area contributed by atoms with Crippen LogP contribution in [0, 0.1) is 23.7 Å². The molecule has 4 amide bonds. The van der Waals surface area contributed by atoms with E-state index in [0.29, 0.717) is 24.7 Å². The maximum atomic E-state index is 13.1. The average molecular weight is 658 g/mol. The minimum atomic E-state index is -0.724. The van der Waals surface area contributed by atoms with Crippen LogP contribution in [-0.4, -0.2) is 81.4 Å². The zero-order valence-electron chi connectivity index (χ0n) is 28.7. The van der Waals surface area contributed by atoms with E-state index < -0.39 is 12.1 Å². The molecule has 2 fully saturated rings. The van der Waals surface area contributed by atoms with Gasteiger partial charge in [-0.25, -0.2) is 14.8 Å². The Kier molecular flexibility index (Phi) is 10.8. The highest BCUT2D eigenvalue weighted by molar-refractivity contribution is 5.93. The minimum absolute atomic E-state index is 0.0234. The maximum Gasteiger partial charge on any atom is 0.407 e. The lowest BCUT2D eigenvalue weighted by Gasteiger charge is -2.27. The van der Waals surface area contributed by atoms with Crippen molar-refractivity contribution in [2.24, 2.45) is 23.7 Å². The number of hydrogen-bond donors (Lipinski definition) is 3. The number of benzene rings is 1. The molecule has 0 saturated carbocycles. The number of amides is 4. The standard InChI is InChI=1S/C36H47N7O5/c1-21(2)23(5)34(45)43-16-7-8-29(43)32-38-19-28(39-32)25-11-9-24(10-12-25)26-13-14-30(37-18-26)40-33(44)27-15-17-42(20-27)35(46)31(22(3)4)41-36(47)48-6/h9-14,18-19,21-23,27,29,31H,7-8,15-17,20H2,1-6H3,(H,38,39)(H,41,47)(H,37,40,44)/t23-,27-,29-,31-/m0/s1. The molecule has 2 aliphatic rings. The number of anilines is 1. The summed E-state index contributed by atoms with van der Waals surface area (Å²) in [5, 5.41) is 5.48. The Hall–Kier alpha value is -4.74. The van der Waals surface area contributed by atoms with E-state index in [0.717, 1.165) is 47.6 Å². The van der Waals surface area contributed by atoms with E-state index in [1.165, 1.54) is 7.11 Å². The molecule has 0 unspecified atom stereocenters. The van der Waals surface area contributed by atoms with E-state index in [-0.39, 0.29) is 48.1 Å². The van der Waals surface area contributed by atoms with Gasteiger partial charge in [0.25, 0.3) is 0 Å². The predicted octanol–water partition coefficient (Wildman–Crippen LogP) is 5.26. The fourth-order valence-corrected chi connectivity index (χ4v) is 6.29. The van der Waals surface area contributed by atoms with E-state index in [1.807, 2.05) is 62.2 Å². The van der Waals surface area contributed by atoms with Crippen LogP contribution in [0.1, 0.15) is 65.7 Å². The van der Waals surface area contributed by atoms with Crippen LogP contribution in [0.3, 0.4) is 0 Å². The predicted molar refractivity (Wildman–Crippen MR) is 182 cm³/mol. The highest BCUT2D eigenvalue weighted by Gasteiger charge is 2.37. The number of carbonyl (C=O) groups is 4. The summed E-state index contributed by atoms with van der Waals surface area (Å²) in [6, 6.07) is 11.0. The number of pyridine rings is 1. The molecule has 0 radical (unpaired) electrons. The van der Waals surface area contributed by atoms with Crippen LogP contribution in [0.2, 0.25) is 0 Å². The third-order valence-corrected chi connectivity index (χ3v) is 9.63. The number of H-pyrrole nitrogens is 1. The molecular formula is C36H47N7O5. The Labute approximate surface area is 282 Å². The van der Waals surface area contributed by atoms with Crippen molar-refractivity contribution >= 4 is 29.6 Å². The quantitative estimate of drug-likeness (QED) is 0.269. The van der Waals surface area contributed by atoms with Crippen molar-refractivity contribution in [1.29, 1.82) is 0 Å². The topological polar surface area (TPSA) is 150 Å². The van der Waals surface area contributed by atoms with Gasteiger partial charge >= 0.3 is 6.09 Å². The molecule has 0 spiro atoms. The molecule has 3 aromatic rings. The van der Waals surface area contributed by atoms with E-state index >= 15 is 0 Å². The fourth-order valence-electron chi connectivity index (χ4n) is 6.29. The number of aromatic amines is 1. The molecule has 0 bridgehead atoms. The fraction of sp³-hybridized carbons (Fsp3) is 0.500. The Morgan fingerprint density at radius 3 is 2.25 bits per heavy atom. The van der Waals surface area contributed by atoms with Crippen molar-refractivity contribution in [3.05, 3.63) is 54.6 Å². The third kappa shape index (κ3) is 7.69. The molecule has 0 aliphatic carbocycles. The summed E-state index contributed by atoms with van der Waals surface area (Å²) in [5.74, 6) is 0.782. The molecule has 2 saturated heterocycles. The van der Waals surface area contributed by atoms with Gasteiger partial charge in [-0.1, -0.05) is 58.9 Å². The first-order chi connectivity index (χ1) is 23.0. The van der Waals surface area contributed by atoms with Gasteiger partial charge in [-0.2, -0.15) is 0 Å². The number of rotatable bonds is 10. The van der Waals surface area contributed by atoms with Gasteiger partial charge in [-0.15, -0.1) is 0 Å². The van der Waals surface area contributed by atoms with Crippen LogP contribution in [0.25, 0.3) is 22.4 Å². The number of nitrogens with one attached hydrogen (secondary N) is 3. The number of ether oxygens (including phenoxy) is 1. The SMILES string of the molecule is COC(=O)N[C@H](C(=O)N1CC[C@H](C(=O)Nc2ccc(-c3ccc(-c4c[nH]c([C@@H]5CCCN5C(=O)[C@@H](C)C(C)C)n4)cc3)cn2)C1)C(C)C. The van der Waals surface area contributed by atoms with Crippen molar-refractivity contribution < 1.29 is 23.9 Å². The van der Waals surface area contributed by atoms with Crippen molar-refractivity contribution in [3.8, 4) is 22.4 Å². The number of likely N-dealkylation sites (tertiary alicyclic amines) is 2. The van der Waals surface area contributed by atoms with E-state index in [1.54, 1.807) is 17.2 Å². The molecular weight excluding hydrogens is 610 g/mol. The smallest absolute Gasteiger partial charge is 0.407 e. The number of methoxy groups -OCH3 is 1. The van der Waals surface area contributed by atoms with Crippen molar-refractivity contribution in [1.82, 2.24) is 30.1 Å². The van der Waals surface area contributed by atoms with Crippen molar-refractivity contribution in [2.45, 2.75) is 66.0 Å². The average Bonchev–Trinajstić information content (AvgIpc) is 3.88. The summed E-state index contributed by atoms with van der Waals surface area (Å²) in [6.07, 6.45) is 5.36. The lowest BCUT2D eigenvalue weighted by Crippen LogP contribution is -2.50. The Balaban J connectivity index is 1.16. The molecule has 1 aromatic carbocycles. The second-order valence-electron chi connectivity index (χ2n) is 13.5. The van der Waals surface area contributed by atoms with Gasteiger partial charge in [0, 0.05) is 49.1 Å². The molecule has 48 heavy (non-hydrogen) atoms. The molecule has 12 nitrogen and oxygen atoms in total. The Morgan fingerprint density at radius 1 is 0.896 bits per heavy atom. The first kappa shape index (κ1) is 34.6. The number of hydrogen-bond acceptors (Lipinski definition) is 7. The number of carbonyl (C=O) groups excluding carboxylic acids is 4. The lowest BCUT2D eigenvalue weighted by atomic mass is 9.96. The lowest BCUT2D eigenvalue weighted by molar-refractivity contribution is -0.137. The van der Waals surface area contributed by atoms with Crippen LogP contribution in [0.5, 0.6) is 0 Å². The van der Waals surface area contributed by atoms with Crippen molar-refractivity contribution in [2.75, 3.05) is 32.1 Å². The summed E-state index contributed by atoms with van der Waals surface area (Å²) in [7, 11) is 1.26. The van der Waals surface area contributed by atoms with Gasteiger partial charge < -0.3 is 30.2 Å². The van der Waals surface area contributed by atoms with Crippen LogP contribution >= 0.6 is 0 Å². The van der Waals surface area contributed by atoms with Gasteiger partial charge in [0.05, 0.1) is 24.8 Å². The summed E-state index contributed by atoms with van der Waals surface area (Å²) >= 11 is 0. The van der Waals surface area contributed by atoms with Crippen LogP contribution in [0.15, 0.2) is 48.8 Å². The summed E-state index contributed by atoms with van der Waals surface area (Å²) in [5.41, 5.74) is 3.67. The highest BCUT2D eigenvalue weighted by atomic mass is 16.5. The normalized spacial score (nSPS) is 19.0. The molecule has 4 heterocycles. The maximum absolute atomic E-state index is 13.1. The second-order valence-corrected chi connectivity index (χ2v) is 13.5. The molecule has 12 heteroatoms. The molecule has 2 aliphatic heterocycles. The molecule has 2 aromatic heterocycles. The van der Waals surface area contributed by atoms with Crippen LogP contribution in [0.4, 0.5) is 10.6 Å². The minimum Gasteiger partial charge on any atom is -0.453 e. The van der Waals surface area contributed by atoms with Crippen LogP contribution in [-0.2, 0) is 19.1 Å². The Morgan fingerprint density at radius 2 is 1.60 bits per heavy atom. The summed E-state index contributed by atoms with van der Waals surface area (Å²) in [6.45, 7) is 11.3. The zero-order valence-corrected chi connectivity index (χ0v) is 28.7. The van der Waals surface area contributed by atoms with Gasteiger partial charge in [-0.05, 0) is 48.8 Å². The van der Waals surface area contributed by atoms with E-state index in [9.17, 15) is 19.2 Å². The Bertz CT molecular complexity index is 1600. The second kappa shape index (κ2) is 15.0. The largest absolute Gasteiger partial charge is 0.453 e. The number of aromatic nitrogens is 3. The molecule has 4 atom stereocenters.